The Kier molecular flexibility index (Phi) is 4.95. The zero-order valence-electron chi connectivity index (χ0n) is 16.9. The highest BCUT2D eigenvalue weighted by Gasteiger charge is 2.34. The Labute approximate surface area is 180 Å². The maximum Gasteiger partial charge on any atom is 0.434 e. The van der Waals surface area contributed by atoms with Gasteiger partial charge in [-0.05, 0) is 37.8 Å². The van der Waals surface area contributed by atoms with Gasteiger partial charge in [-0.3, -0.25) is 19.3 Å². The van der Waals surface area contributed by atoms with Crippen molar-refractivity contribution in [3.05, 3.63) is 54.2 Å². The minimum atomic E-state index is -4.49. The number of amides is 1. The molecule has 5 rings (SSSR count). The minimum Gasteiger partial charge on any atom is -0.368 e. The number of nitrogens with one attached hydrogen (secondary N) is 3. The second kappa shape index (κ2) is 7.81. The number of H-pyrrole nitrogens is 1. The molecule has 1 fully saturated rings. The van der Waals surface area contributed by atoms with E-state index in [1.807, 2.05) is 0 Å². The molecule has 1 saturated carbocycles. The number of aromatic nitrogens is 5. The molecule has 0 atom stereocenters. The average Bonchev–Trinajstić information content (AvgIpc) is 3.42. The first kappa shape index (κ1) is 20.3. The number of imidazole rings is 1. The van der Waals surface area contributed by atoms with Crippen molar-refractivity contribution < 1.29 is 18.0 Å². The highest BCUT2D eigenvalue weighted by molar-refractivity contribution is 6.04. The predicted molar refractivity (Wildman–Crippen MR) is 111 cm³/mol. The lowest BCUT2D eigenvalue weighted by atomic mass is 9.91. The van der Waals surface area contributed by atoms with Crippen LogP contribution >= 0.6 is 0 Å². The number of pyridine rings is 2. The summed E-state index contributed by atoms with van der Waals surface area (Å²) in [5, 5.41) is 14.0. The van der Waals surface area contributed by atoms with Crippen LogP contribution in [-0.2, 0) is 6.18 Å². The fourth-order valence-corrected chi connectivity index (χ4v) is 4.15. The molecule has 4 heterocycles. The number of nitrogens with zero attached hydrogens (tertiary/aromatic N) is 4. The molecule has 0 saturated heterocycles. The van der Waals surface area contributed by atoms with E-state index >= 15 is 0 Å². The van der Waals surface area contributed by atoms with Gasteiger partial charge in [0.2, 0.25) is 0 Å². The number of fused-ring (bicyclic) bond motifs is 2. The molecule has 0 spiro atoms. The number of rotatable bonds is 4. The molecular weight excluding hydrogens is 423 g/mol. The Morgan fingerprint density at radius 3 is 2.69 bits per heavy atom. The van der Waals surface area contributed by atoms with E-state index in [4.69, 9.17) is 0 Å². The third kappa shape index (κ3) is 3.85. The first-order valence-electron chi connectivity index (χ1n) is 10.3. The standard InChI is InChI=1S/C21H20F3N7O/c22-21(23,24)16-11-31-17(2-1-3-18(31)29-16)27-13-4-6-14(7-5-13)28-20(32)15-10-25-8-12-9-26-30-19(12)15/h1-3,8-11,13-14,27H,4-7H2,(H,26,30)(H,28,32). The molecule has 8 nitrogen and oxygen atoms in total. The minimum absolute atomic E-state index is 0.00983. The van der Waals surface area contributed by atoms with Crippen LogP contribution in [0.5, 0.6) is 0 Å². The molecule has 0 aromatic carbocycles. The molecule has 1 aliphatic rings. The second-order valence-corrected chi connectivity index (χ2v) is 7.94. The Bertz CT molecular complexity index is 1270. The summed E-state index contributed by atoms with van der Waals surface area (Å²) in [6.07, 6.45) is 4.40. The highest BCUT2D eigenvalue weighted by atomic mass is 19.4. The number of hydrogen-bond acceptors (Lipinski definition) is 5. The van der Waals surface area contributed by atoms with E-state index in [1.54, 1.807) is 30.6 Å². The Morgan fingerprint density at radius 2 is 1.91 bits per heavy atom. The SMILES string of the molecule is O=C(NC1CCC(Nc2cccc3nc(C(F)(F)F)cn23)CC1)c1cncc2c[nH]nc12. The summed E-state index contributed by atoms with van der Waals surface area (Å²) < 4.78 is 40.5. The molecule has 0 unspecified atom stereocenters. The average molecular weight is 443 g/mol. The van der Waals surface area contributed by atoms with Gasteiger partial charge in [0, 0.05) is 42.3 Å². The number of hydrogen-bond donors (Lipinski definition) is 3. The monoisotopic (exact) mass is 443 g/mol. The third-order valence-corrected chi connectivity index (χ3v) is 5.78. The van der Waals surface area contributed by atoms with Crippen molar-refractivity contribution in [1.82, 2.24) is 29.9 Å². The lowest BCUT2D eigenvalue weighted by molar-refractivity contribution is -0.140. The molecule has 166 valence electrons. The lowest BCUT2D eigenvalue weighted by Gasteiger charge is -2.30. The Morgan fingerprint density at radius 1 is 1.12 bits per heavy atom. The van der Waals surface area contributed by atoms with E-state index in [-0.39, 0.29) is 23.6 Å². The van der Waals surface area contributed by atoms with Crippen molar-refractivity contribution in [1.29, 1.82) is 0 Å². The Hall–Kier alpha value is -3.63. The first-order chi connectivity index (χ1) is 15.4. The molecule has 0 aliphatic heterocycles. The van der Waals surface area contributed by atoms with Crippen LogP contribution in [0.25, 0.3) is 16.6 Å². The number of halogens is 3. The molecular formula is C21H20F3N7O. The van der Waals surface area contributed by atoms with E-state index in [9.17, 15) is 18.0 Å². The molecule has 11 heteroatoms. The summed E-state index contributed by atoms with van der Waals surface area (Å²) in [6, 6.07) is 5.06. The van der Waals surface area contributed by atoms with Gasteiger partial charge in [-0.1, -0.05) is 6.07 Å². The predicted octanol–water partition coefficient (Wildman–Crippen LogP) is 3.78. The van der Waals surface area contributed by atoms with Crippen molar-refractivity contribution in [2.75, 3.05) is 5.32 Å². The summed E-state index contributed by atoms with van der Waals surface area (Å²) in [5.41, 5.74) is 0.333. The van der Waals surface area contributed by atoms with Crippen LogP contribution in [0.3, 0.4) is 0 Å². The van der Waals surface area contributed by atoms with Crippen molar-refractivity contribution in [3.8, 4) is 0 Å². The van der Waals surface area contributed by atoms with E-state index < -0.39 is 11.9 Å². The van der Waals surface area contributed by atoms with Crippen molar-refractivity contribution in [2.45, 2.75) is 43.9 Å². The van der Waals surface area contributed by atoms with Crippen LogP contribution in [0.15, 0.2) is 43.0 Å². The molecule has 1 aliphatic carbocycles. The molecule has 1 amide bonds. The number of carbonyl (C=O) groups excluding carboxylic acids is 1. The summed E-state index contributed by atoms with van der Waals surface area (Å²) in [7, 11) is 0. The molecule has 3 N–H and O–H groups in total. The van der Waals surface area contributed by atoms with E-state index in [2.05, 4.69) is 30.8 Å². The molecule has 0 radical (unpaired) electrons. The van der Waals surface area contributed by atoms with E-state index in [0.717, 1.165) is 37.3 Å². The number of aromatic amines is 1. The molecule has 4 aromatic heterocycles. The van der Waals surface area contributed by atoms with Crippen molar-refractivity contribution >= 4 is 28.3 Å². The highest BCUT2D eigenvalue weighted by Crippen LogP contribution is 2.30. The van der Waals surface area contributed by atoms with Crippen LogP contribution in [0.1, 0.15) is 41.7 Å². The van der Waals surface area contributed by atoms with Gasteiger partial charge in [0.05, 0.1) is 5.56 Å². The largest absolute Gasteiger partial charge is 0.434 e. The van der Waals surface area contributed by atoms with Gasteiger partial charge >= 0.3 is 6.18 Å². The zero-order valence-corrected chi connectivity index (χ0v) is 16.9. The normalized spacial score (nSPS) is 19.3. The fourth-order valence-electron chi connectivity index (χ4n) is 4.15. The number of anilines is 1. The fraction of sp³-hybridized carbons (Fsp3) is 0.333. The summed E-state index contributed by atoms with van der Waals surface area (Å²) in [4.78, 5) is 20.5. The maximum atomic E-state index is 13.0. The summed E-state index contributed by atoms with van der Waals surface area (Å²) in [5.74, 6) is 0.351. The van der Waals surface area contributed by atoms with Crippen LogP contribution < -0.4 is 10.6 Å². The zero-order chi connectivity index (χ0) is 22.3. The number of carbonyl (C=O) groups is 1. The molecule has 4 aromatic rings. The lowest BCUT2D eigenvalue weighted by Crippen LogP contribution is -2.40. The number of alkyl halides is 3. The first-order valence-corrected chi connectivity index (χ1v) is 10.3. The van der Waals surface area contributed by atoms with Crippen LogP contribution in [0.4, 0.5) is 19.0 Å². The maximum absolute atomic E-state index is 13.0. The summed E-state index contributed by atoms with van der Waals surface area (Å²) in [6.45, 7) is 0. The van der Waals surface area contributed by atoms with Crippen LogP contribution in [-0.4, -0.2) is 42.6 Å². The van der Waals surface area contributed by atoms with E-state index in [0.29, 0.717) is 16.9 Å². The quantitative estimate of drug-likeness (QED) is 0.446. The van der Waals surface area contributed by atoms with Crippen LogP contribution in [0, 0.1) is 0 Å². The smallest absolute Gasteiger partial charge is 0.368 e. The van der Waals surface area contributed by atoms with E-state index in [1.165, 1.54) is 10.6 Å². The topological polar surface area (TPSA) is 100 Å². The van der Waals surface area contributed by atoms with Gasteiger partial charge < -0.3 is 10.6 Å². The van der Waals surface area contributed by atoms with Gasteiger partial charge in [-0.2, -0.15) is 18.3 Å². The van der Waals surface area contributed by atoms with Crippen molar-refractivity contribution in [3.63, 3.8) is 0 Å². The van der Waals surface area contributed by atoms with Gasteiger partial charge in [-0.25, -0.2) is 4.98 Å². The second-order valence-electron chi connectivity index (χ2n) is 7.94. The van der Waals surface area contributed by atoms with Crippen LogP contribution in [0.2, 0.25) is 0 Å². The van der Waals surface area contributed by atoms with Crippen molar-refractivity contribution in [2.24, 2.45) is 0 Å². The third-order valence-electron chi connectivity index (χ3n) is 5.78. The van der Waals surface area contributed by atoms with Gasteiger partial charge in [-0.15, -0.1) is 0 Å². The molecule has 0 bridgehead atoms. The summed E-state index contributed by atoms with van der Waals surface area (Å²) >= 11 is 0. The van der Waals surface area contributed by atoms with Gasteiger partial charge in [0.15, 0.2) is 5.69 Å². The van der Waals surface area contributed by atoms with Gasteiger partial charge in [0.25, 0.3) is 5.91 Å². The van der Waals surface area contributed by atoms with Gasteiger partial charge in [0.1, 0.15) is 17.0 Å². The molecule has 32 heavy (non-hydrogen) atoms. The Balaban J connectivity index is 1.22.